The highest BCUT2D eigenvalue weighted by molar-refractivity contribution is 7.84. The molecule has 4 amide bonds. The Labute approximate surface area is 377 Å². The van der Waals surface area contributed by atoms with Crippen LogP contribution in [-0.2, 0) is 29.9 Å². The van der Waals surface area contributed by atoms with E-state index < -0.39 is 41.1 Å². The number of nitrogens with zero attached hydrogens (tertiary/aromatic N) is 4. The molecule has 0 saturated carbocycles. The lowest BCUT2D eigenvalue weighted by Gasteiger charge is -2.28. The summed E-state index contributed by atoms with van der Waals surface area (Å²) in [6.45, 7) is 0.734. The fraction of sp³-hybridized carbons (Fsp3) is 0.277. The lowest BCUT2D eigenvalue weighted by molar-refractivity contribution is -0.135. The number of likely N-dealkylation sites (tertiary alicyclic amines) is 2. The number of hydrogen-bond donors (Lipinski definition) is 4. The normalized spacial score (nSPS) is 18.5. The minimum Gasteiger partial charge on any atom is -0.453 e. The van der Waals surface area contributed by atoms with Crippen LogP contribution < -0.4 is 10.6 Å². The highest BCUT2D eigenvalue weighted by atomic mass is 35.5. The van der Waals surface area contributed by atoms with Gasteiger partial charge in [-0.25, -0.2) is 19.6 Å². The molecule has 15 nitrogen and oxygen atoms in total. The molecular formula is C47H47ClN8O7S. The summed E-state index contributed by atoms with van der Waals surface area (Å²) in [5.74, 6) is 0.502. The van der Waals surface area contributed by atoms with Crippen LogP contribution in [0.2, 0.25) is 5.15 Å². The number of aromatic amines is 2. The molecule has 6 atom stereocenters. The monoisotopic (exact) mass is 902 g/mol. The predicted molar refractivity (Wildman–Crippen MR) is 242 cm³/mol. The lowest BCUT2D eigenvalue weighted by atomic mass is 10.0. The first-order chi connectivity index (χ1) is 31.0. The molecule has 2 aromatic heterocycles. The van der Waals surface area contributed by atoms with Crippen molar-refractivity contribution in [3.63, 3.8) is 0 Å². The fourth-order valence-electron chi connectivity index (χ4n) is 8.44. The summed E-state index contributed by atoms with van der Waals surface area (Å²) in [7, 11) is 1.30. The highest BCUT2D eigenvalue weighted by Gasteiger charge is 2.43. The number of imidazole rings is 2. The van der Waals surface area contributed by atoms with Crippen molar-refractivity contribution in [3.8, 4) is 33.6 Å². The number of ether oxygens (including phenoxy) is 2. The van der Waals surface area contributed by atoms with Gasteiger partial charge in [0.1, 0.15) is 34.6 Å². The summed E-state index contributed by atoms with van der Waals surface area (Å²) in [5, 5.41) is 5.44. The predicted octanol–water partition coefficient (Wildman–Crippen LogP) is 7.67. The molecular weight excluding hydrogens is 856 g/mol. The van der Waals surface area contributed by atoms with E-state index in [1.54, 1.807) is 58.7 Å². The number of amides is 4. The molecule has 2 aliphatic rings. The summed E-state index contributed by atoms with van der Waals surface area (Å²) in [6, 6.07) is 31.1. The van der Waals surface area contributed by atoms with Gasteiger partial charge in [0.25, 0.3) is 11.8 Å². The Bertz CT molecular complexity index is 2640. The number of halogens is 1. The van der Waals surface area contributed by atoms with E-state index in [0.717, 1.165) is 34.4 Å². The van der Waals surface area contributed by atoms with E-state index in [2.05, 4.69) is 20.6 Å². The average Bonchev–Trinajstić information content (AvgIpc) is 4.17. The molecule has 4 aromatic carbocycles. The summed E-state index contributed by atoms with van der Waals surface area (Å²) in [6.07, 6.45) is 3.79. The van der Waals surface area contributed by atoms with Crippen molar-refractivity contribution in [1.29, 1.82) is 0 Å². The zero-order valence-corrected chi connectivity index (χ0v) is 36.9. The summed E-state index contributed by atoms with van der Waals surface area (Å²) in [4.78, 5) is 72.3. The minimum absolute atomic E-state index is 0.239. The van der Waals surface area contributed by atoms with Crippen molar-refractivity contribution in [2.45, 2.75) is 48.7 Å². The fourth-order valence-corrected chi connectivity index (χ4v) is 9.51. The van der Waals surface area contributed by atoms with Gasteiger partial charge in [-0.15, -0.1) is 0 Å². The number of benzene rings is 4. The van der Waals surface area contributed by atoms with Crippen molar-refractivity contribution in [2.24, 2.45) is 0 Å². The van der Waals surface area contributed by atoms with Gasteiger partial charge in [-0.05, 0) is 47.1 Å². The molecule has 17 heteroatoms. The maximum atomic E-state index is 14.2. The molecule has 8 rings (SSSR count). The van der Waals surface area contributed by atoms with Crippen molar-refractivity contribution in [2.75, 3.05) is 33.6 Å². The van der Waals surface area contributed by atoms with E-state index in [4.69, 9.17) is 31.0 Å². The number of aromatic nitrogens is 4. The van der Waals surface area contributed by atoms with Crippen LogP contribution in [-0.4, -0.2) is 96.8 Å². The van der Waals surface area contributed by atoms with Gasteiger partial charge in [-0.2, -0.15) is 0 Å². The Balaban J connectivity index is 0.965. The maximum absolute atomic E-state index is 14.2. The molecule has 2 unspecified atom stereocenters. The van der Waals surface area contributed by atoms with Gasteiger partial charge in [0, 0.05) is 35.7 Å². The second-order valence-corrected chi connectivity index (χ2v) is 17.7. The number of methoxy groups -OCH3 is 2. The van der Waals surface area contributed by atoms with Gasteiger partial charge >= 0.3 is 12.2 Å². The van der Waals surface area contributed by atoms with Crippen LogP contribution in [0.4, 0.5) is 9.59 Å². The van der Waals surface area contributed by atoms with Crippen LogP contribution in [0.1, 0.15) is 66.2 Å². The number of nitrogens with one attached hydrogen (secondary N) is 4. The Morgan fingerprint density at radius 2 is 1.25 bits per heavy atom. The summed E-state index contributed by atoms with van der Waals surface area (Å²) >= 11 is 6.76. The smallest absolute Gasteiger partial charge is 0.407 e. The van der Waals surface area contributed by atoms with E-state index in [-0.39, 0.29) is 29.7 Å². The first kappa shape index (κ1) is 43.9. The molecule has 0 spiro atoms. The molecule has 0 bridgehead atoms. The third-order valence-electron chi connectivity index (χ3n) is 11.8. The maximum Gasteiger partial charge on any atom is 0.407 e. The number of hydrogen-bond acceptors (Lipinski definition) is 9. The van der Waals surface area contributed by atoms with Crippen molar-refractivity contribution in [1.82, 2.24) is 40.4 Å². The van der Waals surface area contributed by atoms with Crippen molar-refractivity contribution in [3.05, 3.63) is 143 Å². The van der Waals surface area contributed by atoms with Gasteiger partial charge in [0.2, 0.25) is 0 Å². The molecule has 330 valence electrons. The summed E-state index contributed by atoms with van der Waals surface area (Å²) in [5.41, 5.74) is 6.18. The molecule has 0 radical (unpaired) electrons. The Hall–Kier alpha value is -6.78. The molecule has 2 saturated heterocycles. The SMILES string of the molecule is COC(=O)N[C@H](C(=O)N1CCCC1c1nc(-c2ccc(-c3ccc(-c4cnc([C@@H]5C[C@H](S(C)=O)CN5C(=O)[C@@H](NC(=O)OC)c5ccccc5)[nH]4)cc3)cc2)c(Cl)[nH]1)c1ccccc1. The molecule has 2 fully saturated rings. The number of rotatable bonds is 12. The number of carbonyl (C=O) groups excluding carboxylic acids is 4. The lowest BCUT2D eigenvalue weighted by Crippen LogP contribution is -2.43. The number of H-pyrrole nitrogens is 2. The zero-order valence-electron chi connectivity index (χ0n) is 35.3. The standard InChI is InChI=1S/C47H47ClN8O7S/c1-62-46(59)52-39(31-11-6-4-7-12-31)44(57)55-24-10-15-36(55)43-51-38(41(48)54-43)33-22-18-29(19-23-33)28-16-20-30(21-17-28)35-26-49-42(50-35)37-25-34(64(3)61)27-56(37)45(58)40(53-47(60)63-2)32-13-8-5-9-14-32/h4-9,11-14,16-23,26,34,36-37,39-40H,10,15,24-25,27H2,1-3H3,(H,49,50)(H,51,54)(H,52,59)(H,53,60)/t34-,36?,37-,39-,40-,64?/m0/s1. The largest absolute Gasteiger partial charge is 0.453 e. The van der Waals surface area contributed by atoms with E-state index >= 15 is 0 Å². The molecule has 6 aromatic rings. The second-order valence-electron chi connectivity index (χ2n) is 15.6. The van der Waals surface area contributed by atoms with Gasteiger partial charge in [0.15, 0.2) is 0 Å². The van der Waals surface area contributed by atoms with Crippen molar-refractivity contribution >= 4 is 46.4 Å². The van der Waals surface area contributed by atoms with Crippen LogP contribution in [0.25, 0.3) is 33.6 Å². The molecule has 0 aliphatic carbocycles. The van der Waals surface area contributed by atoms with Crippen LogP contribution in [0, 0.1) is 0 Å². The number of carbonyl (C=O) groups is 4. The zero-order chi connectivity index (χ0) is 44.9. The first-order valence-corrected chi connectivity index (χ1v) is 22.8. The second kappa shape index (κ2) is 19.3. The summed E-state index contributed by atoms with van der Waals surface area (Å²) < 4.78 is 22.4. The van der Waals surface area contributed by atoms with Crippen LogP contribution in [0.5, 0.6) is 0 Å². The molecule has 64 heavy (non-hydrogen) atoms. The topological polar surface area (TPSA) is 192 Å². The Kier molecular flexibility index (Phi) is 13.2. The van der Waals surface area contributed by atoms with Gasteiger partial charge in [0.05, 0.1) is 43.4 Å². The quantitative estimate of drug-likeness (QED) is 0.0955. The Morgan fingerprint density at radius 3 is 1.80 bits per heavy atom. The van der Waals surface area contributed by atoms with E-state index in [1.165, 1.54) is 14.2 Å². The Morgan fingerprint density at radius 1 is 0.719 bits per heavy atom. The highest BCUT2D eigenvalue weighted by Crippen LogP contribution is 2.38. The van der Waals surface area contributed by atoms with Crippen molar-refractivity contribution < 1.29 is 32.9 Å². The van der Waals surface area contributed by atoms with Gasteiger partial charge < -0.3 is 39.9 Å². The van der Waals surface area contributed by atoms with Gasteiger partial charge in [-0.3, -0.25) is 13.8 Å². The molecule has 2 aliphatic heterocycles. The molecule has 4 N–H and O–H groups in total. The van der Waals surface area contributed by atoms with Gasteiger partial charge in [-0.1, -0.05) is 121 Å². The minimum atomic E-state index is -1.20. The van der Waals surface area contributed by atoms with Crippen LogP contribution >= 0.6 is 11.6 Å². The van der Waals surface area contributed by atoms with E-state index in [0.29, 0.717) is 53.0 Å². The number of alkyl carbamates (subject to hydrolysis) is 2. The van der Waals surface area contributed by atoms with E-state index in [1.807, 2.05) is 72.8 Å². The molecule has 4 heterocycles. The van der Waals surface area contributed by atoms with E-state index in [9.17, 15) is 23.4 Å². The average molecular weight is 903 g/mol. The van der Waals surface area contributed by atoms with Crippen LogP contribution in [0.3, 0.4) is 0 Å². The third kappa shape index (κ3) is 9.29. The first-order valence-electron chi connectivity index (χ1n) is 20.8. The van der Waals surface area contributed by atoms with Crippen LogP contribution in [0.15, 0.2) is 115 Å². The third-order valence-corrected chi connectivity index (χ3v) is 13.4.